The molecule has 3 nitrogen and oxygen atoms in total. The van der Waals surface area contributed by atoms with Gasteiger partial charge in [0, 0.05) is 5.02 Å². The molecule has 0 radical (unpaired) electrons. The maximum absolute atomic E-state index is 10.5. The van der Waals surface area contributed by atoms with Crippen molar-refractivity contribution in [1.29, 1.82) is 0 Å². The van der Waals surface area contributed by atoms with Gasteiger partial charge in [0.05, 0.1) is 9.92 Å². The Hall–Kier alpha value is 0.632. The van der Waals surface area contributed by atoms with E-state index in [2.05, 4.69) is 0 Å². The van der Waals surface area contributed by atoms with Crippen LogP contribution >= 0.6 is 23.2 Å². The van der Waals surface area contributed by atoms with Crippen molar-refractivity contribution < 1.29 is 13.0 Å². The van der Waals surface area contributed by atoms with Crippen LogP contribution in [0.3, 0.4) is 0 Å². The van der Waals surface area contributed by atoms with E-state index >= 15 is 0 Å². The van der Waals surface area contributed by atoms with Crippen LogP contribution in [-0.2, 0) is 10.1 Å². The Balaban J connectivity index is 0.00000144. The monoisotopic (exact) mass is 430 g/mol. The molecule has 0 aliphatic rings. The Morgan fingerprint density at radius 3 is 2.15 bits per heavy atom. The van der Waals surface area contributed by atoms with Gasteiger partial charge in [-0.25, -0.2) is 8.42 Å². The Bertz CT molecular complexity index is 404. The summed E-state index contributed by atoms with van der Waals surface area (Å²) in [4.78, 5) is -0.450. The van der Waals surface area contributed by atoms with Gasteiger partial charge in [0.25, 0.3) is 0 Å². The maximum atomic E-state index is 10.5. The zero-order valence-corrected chi connectivity index (χ0v) is 13.0. The standard InChI is InChI=1S/C6H4Cl2O3S.Tl/c7-4-1-2-6(5(8)3-4)12(9,10)11;/h1-3H,(H,9,10,11);/q;+1/p-1. The molecular formula is C6H3Cl2O3STl. The number of rotatable bonds is 1. The molecule has 1 rings (SSSR count). The number of halogens is 2. The van der Waals surface area contributed by atoms with Crippen molar-refractivity contribution in [3.63, 3.8) is 0 Å². The summed E-state index contributed by atoms with van der Waals surface area (Å²) in [6.07, 6.45) is 0. The summed E-state index contributed by atoms with van der Waals surface area (Å²) in [5, 5.41) is 0.130. The summed E-state index contributed by atoms with van der Waals surface area (Å²) < 4.78 is 31.4. The van der Waals surface area contributed by atoms with Crippen molar-refractivity contribution in [1.82, 2.24) is 0 Å². The first kappa shape index (κ1) is 13.6. The molecule has 0 atom stereocenters. The Labute approximate surface area is 106 Å². The largest absolute Gasteiger partial charge is 1.00 e. The second kappa shape index (κ2) is 4.92. The quantitative estimate of drug-likeness (QED) is 0.502. The number of hydrogen-bond acceptors (Lipinski definition) is 3. The molecule has 0 unspecified atom stereocenters. The zero-order valence-electron chi connectivity index (χ0n) is 6.20. The predicted molar refractivity (Wildman–Crippen MR) is 50.2 cm³/mol. The molecule has 0 aliphatic carbocycles. The van der Waals surface area contributed by atoms with Crippen LogP contribution in [-0.4, -0.2) is 40.3 Å². The molecule has 1 aromatic rings. The molecule has 13 heavy (non-hydrogen) atoms. The molecule has 0 saturated carbocycles. The van der Waals surface area contributed by atoms with Crippen molar-refractivity contribution in [2.45, 2.75) is 4.90 Å². The number of benzene rings is 1. The van der Waals surface area contributed by atoms with Gasteiger partial charge < -0.3 is 4.55 Å². The molecule has 0 spiro atoms. The molecular weight excluding hydrogens is 427 g/mol. The van der Waals surface area contributed by atoms with Crippen molar-refractivity contribution in [2.75, 3.05) is 0 Å². The molecule has 1 aromatic carbocycles. The van der Waals surface area contributed by atoms with Crippen molar-refractivity contribution in [3.8, 4) is 0 Å². The normalized spacial score (nSPS) is 10.7. The van der Waals surface area contributed by atoms with Gasteiger partial charge in [0.1, 0.15) is 10.1 Å². The summed E-state index contributed by atoms with van der Waals surface area (Å²) in [6.45, 7) is 0. The van der Waals surface area contributed by atoms with E-state index in [1.807, 2.05) is 0 Å². The minimum Gasteiger partial charge on any atom is -0.744 e. The average Bonchev–Trinajstić information content (AvgIpc) is 1.83. The van der Waals surface area contributed by atoms with E-state index in [1.54, 1.807) is 0 Å². The van der Waals surface area contributed by atoms with Crippen LogP contribution < -0.4 is 0 Å². The fourth-order valence-electron chi connectivity index (χ4n) is 0.678. The SMILES string of the molecule is O=S(=O)([O-])c1ccc(Cl)cc1Cl.[Tl+]. The predicted octanol–water partition coefficient (Wildman–Crippen LogP) is 1.52. The molecule has 0 saturated heterocycles. The van der Waals surface area contributed by atoms with Gasteiger partial charge in [-0.3, -0.25) is 0 Å². The van der Waals surface area contributed by atoms with Gasteiger partial charge in [-0.2, -0.15) is 0 Å². The molecule has 0 N–H and O–H groups in total. The van der Waals surface area contributed by atoms with Gasteiger partial charge in [-0.1, -0.05) is 23.2 Å². The Morgan fingerprint density at radius 2 is 1.77 bits per heavy atom. The van der Waals surface area contributed by atoms with Crippen LogP contribution in [0.1, 0.15) is 0 Å². The van der Waals surface area contributed by atoms with E-state index in [0.29, 0.717) is 0 Å². The molecule has 0 aliphatic heterocycles. The summed E-state index contributed by atoms with van der Waals surface area (Å²) in [6, 6.07) is 3.57. The fourth-order valence-corrected chi connectivity index (χ4v) is 1.90. The van der Waals surface area contributed by atoms with Crippen LogP contribution in [0.25, 0.3) is 0 Å². The molecule has 0 bridgehead atoms. The van der Waals surface area contributed by atoms with E-state index in [-0.39, 0.29) is 37.3 Å². The molecule has 68 valence electrons. The molecule has 0 fully saturated rings. The average molecular weight is 430 g/mol. The molecule has 0 heterocycles. The van der Waals surface area contributed by atoms with Crippen LogP contribution in [0, 0.1) is 0 Å². The minimum absolute atomic E-state index is 0. The molecule has 0 amide bonds. The van der Waals surface area contributed by atoms with Crippen molar-refractivity contribution in [2.24, 2.45) is 0 Å². The fraction of sp³-hybridized carbons (Fsp3) is 0. The van der Waals surface area contributed by atoms with E-state index in [9.17, 15) is 13.0 Å². The third-order valence-electron chi connectivity index (χ3n) is 1.16. The molecule has 7 heteroatoms. The third-order valence-corrected chi connectivity index (χ3v) is 2.72. The van der Waals surface area contributed by atoms with Gasteiger partial charge in [0.2, 0.25) is 0 Å². The summed E-state index contributed by atoms with van der Waals surface area (Å²) in [7, 11) is -4.49. The van der Waals surface area contributed by atoms with Crippen LogP contribution in [0.2, 0.25) is 10.0 Å². The second-order valence-electron chi connectivity index (χ2n) is 2.03. The van der Waals surface area contributed by atoms with Gasteiger partial charge >= 0.3 is 27.3 Å². The maximum Gasteiger partial charge on any atom is 1.00 e. The topological polar surface area (TPSA) is 57.2 Å². The van der Waals surface area contributed by atoms with E-state index in [4.69, 9.17) is 23.2 Å². The van der Waals surface area contributed by atoms with Gasteiger partial charge in [-0.15, -0.1) is 0 Å². The van der Waals surface area contributed by atoms with Gasteiger partial charge in [0.15, 0.2) is 0 Å². The summed E-state index contributed by atoms with van der Waals surface area (Å²) in [5.74, 6) is 0. The van der Waals surface area contributed by atoms with E-state index < -0.39 is 15.0 Å². The Morgan fingerprint density at radius 1 is 1.23 bits per heavy atom. The van der Waals surface area contributed by atoms with Crippen molar-refractivity contribution in [3.05, 3.63) is 28.2 Å². The Kier molecular flexibility index (Phi) is 5.16. The first-order valence-corrected chi connectivity index (χ1v) is 4.98. The van der Waals surface area contributed by atoms with Crippen molar-refractivity contribution >= 4 is 60.6 Å². The van der Waals surface area contributed by atoms with Gasteiger partial charge in [-0.05, 0) is 18.2 Å². The van der Waals surface area contributed by atoms with E-state index in [0.717, 1.165) is 6.07 Å². The second-order valence-corrected chi connectivity index (χ2v) is 4.22. The smallest absolute Gasteiger partial charge is 0.744 e. The summed E-state index contributed by atoms with van der Waals surface area (Å²) in [5.41, 5.74) is 0. The third kappa shape index (κ3) is 3.70. The minimum atomic E-state index is -4.49. The zero-order chi connectivity index (χ0) is 9.35. The first-order chi connectivity index (χ1) is 5.41. The van der Waals surface area contributed by atoms with Crippen LogP contribution in [0.15, 0.2) is 23.1 Å². The molecule has 0 aromatic heterocycles. The summed E-state index contributed by atoms with van der Waals surface area (Å²) >= 11 is 10.9. The number of hydrogen-bond donors (Lipinski definition) is 0. The van der Waals surface area contributed by atoms with Crippen LogP contribution in [0.4, 0.5) is 0 Å². The first-order valence-electron chi connectivity index (χ1n) is 2.82. The van der Waals surface area contributed by atoms with Crippen LogP contribution in [0.5, 0.6) is 0 Å². The van der Waals surface area contributed by atoms with E-state index in [1.165, 1.54) is 12.1 Å².